The van der Waals surface area contributed by atoms with Crippen LogP contribution in [0.5, 0.6) is 0 Å². The molecule has 0 fully saturated rings. The average Bonchev–Trinajstić information content (AvgIpc) is 0.899. The largest absolute Gasteiger partial charge is 0.472 e. The quantitative estimate of drug-likeness (QED) is 0.0169. The molecule has 0 aliphatic carbocycles. The molecule has 2 unspecified atom stereocenters. The van der Waals surface area contributed by atoms with E-state index in [9.17, 15) is 43.2 Å². The fourth-order valence-electron chi connectivity index (χ4n) is 13.1. The lowest BCUT2D eigenvalue weighted by Gasteiger charge is -2.21. The molecule has 0 aromatic heterocycles. The van der Waals surface area contributed by atoms with Crippen molar-refractivity contribution in [2.24, 2.45) is 5.92 Å². The molecule has 0 aromatic rings. The first-order chi connectivity index (χ1) is 51.5. The molecule has 0 saturated carbocycles. The van der Waals surface area contributed by atoms with E-state index < -0.39 is 97.5 Å². The first kappa shape index (κ1) is 104. The van der Waals surface area contributed by atoms with Crippen molar-refractivity contribution in [1.29, 1.82) is 0 Å². The predicted molar refractivity (Wildman–Crippen MR) is 437 cm³/mol. The lowest BCUT2D eigenvalue weighted by molar-refractivity contribution is -0.161. The molecule has 3 N–H and O–H groups in total. The van der Waals surface area contributed by atoms with Crippen LogP contribution in [0.15, 0.2) is 24.3 Å². The van der Waals surface area contributed by atoms with E-state index in [1.807, 2.05) is 0 Å². The summed E-state index contributed by atoms with van der Waals surface area (Å²) in [5, 5.41) is 10.7. The molecule has 0 bridgehead atoms. The van der Waals surface area contributed by atoms with Gasteiger partial charge in [-0.05, 0) is 57.3 Å². The van der Waals surface area contributed by atoms with Crippen molar-refractivity contribution in [3.8, 4) is 0 Å². The van der Waals surface area contributed by atoms with Crippen LogP contribution in [-0.2, 0) is 65.4 Å². The Morgan fingerprint density at radius 3 is 0.774 bits per heavy atom. The summed E-state index contributed by atoms with van der Waals surface area (Å²) in [6, 6.07) is 0. The molecule has 0 amide bonds. The number of carbonyl (C=O) groups excluding carboxylic acids is 4. The Kier molecular flexibility index (Phi) is 77.4. The number of hydrogen-bond acceptors (Lipinski definition) is 15. The third-order valence-corrected chi connectivity index (χ3v) is 21.8. The highest BCUT2D eigenvalue weighted by atomic mass is 31.2. The number of aliphatic hydroxyl groups is 1. The van der Waals surface area contributed by atoms with Gasteiger partial charge in [0.1, 0.15) is 19.3 Å². The molecule has 17 nitrogen and oxygen atoms in total. The van der Waals surface area contributed by atoms with Gasteiger partial charge in [-0.25, -0.2) is 9.13 Å². The van der Waals surface area contributed by atoms with Crippen molar-refractivity contribution < 1.29 is 80.2 Å². The van der Waals surface area contributed by atoms with Gasteiger partial charge in [0.2, 0.25) is 0 Å². The summed E-state index contributed by atoms with van der Waals surface area (Å²) in [6.45, 7) is 7.34. The highest BCUT2D eigenvalue weighted by molar-refractivity contribution is 7.47. The predicted octanol–water partition coefficient (Wildman–Crippen LogP) is 26.3. The van der Waals surface area contributed by atoms with Gasteiger partial charge >= 0.3 is 39.5 Å². The number of phosphoric ester groups is 2. The van der Waals surface area contributed by atoms with Gasteiger partial charge in [-0.1, -0.05) is 393 Å². The van der Waals surface area contributed by atoms with Crippen LogP contribution in [0, 0.1) is 5.92 Å². The molecule has 0 rings (SSSR count). The van der Waals surface area contributed by atoms with Crippen LogP contribution in [0.4, 0.5) is 0 Å². The third kappa shape index (κ3) is 79.6. The summed E-state index contributed by atoms with van der Waals surface area (Å²) in [5.41, 5.74) is 0. The van der Waals surface area contributed by atoms with Gasteiger partial charge in [-0.3, -0.25) is 37.3 Å². The topological polar surface area (TPSA) is 237 Å². The molecule has 0 radical (unpaired) electrons. The van der Waals surface area contributed by atoms with Crippen molar-refractivity contribution in [1.82, 2.24) is 0 Å². The van der Waals surface area contributed by atoms with Crippen molar-refractivity contribution in [3.05, 3.63) is 24.3 Å². The van der Waals surface area contributed by atoms with Crippen LogP contribution in [0.25, 0.3) is 0 Å². The Bertz CT molecular complexity index is 2110. The van der Waals surface area contributed by atoms with Crippen LogP contribution in [-0.4, -0.2) is 96.7 Å². The molecule has 0 aliphatic heterocycles. The number of ether oxygens (including phenoxy) is 4. The summed E-state index contributed by atoms with van der Waals surface area (Å²) >= 11 is 0. The number of carbonyl (C=O) groups is 4. The smallest absolute Gasteiger partial charge is 0.462 e. The first-order valence-corrected chi connectivity index (χ1v) is 47.4. The molecule has 19 heteroatoms. The minimum absolute atomic E-state index is 0.0860. The second-order valence-electron chi connectivity index (χ2n) is 31.1. The van der Waals surface area contributed by atoms with E-state index in [-0.39, 0.29) is 25.7 Å². The number of phosphoric acid groups is 2. The number of hydrogen-bond donors (Lipinski definition) is 3. The molecule has 626 valence electrons. The summed E-state index contributed by atoms with van der Waals surface area (Å²) in [7, 11) is -9.94. The lowest BCUT2D eigenvalue weighted by Crippen LogP contribution is -2.30. The minimum Gasteiger partial charge on any atom is -0.462 e. The second kappa shape index (κ2) is 79.2. The molecular weight excluding hydrogens is 1380 g/mol. The van der Waals surface area contributed by atoms with Gasteiger partial charge in [0.15, 0.2) is 12.2 Å². The minimum atomic E-state index is -4.97. The van der Waals surface area contributed by atoms with E-state index >= 15 is 0 Å². The number of allylic oxidation sites excluding steroid dienone is 4. The summed E-state index contributed by atoms with van der Waals surface area (Å²) < 4.78 is 68.9. The van der Waals surface area contributed by atoms with Crippen molar-refractivity contribution in [2.45, 2.75) is 464 Å². The van der Waals surface area contributed by atoms with Crippen LogP contribution >= 0.6 is 15.6 Å². The third-order valence-electron chi connectivity index (χ3n) is 19.9. The van der Waals surface area contributed by atoms with Crippen molar-refractivity contribution in [3.63, 3.8) is 0 Å². The fraction of sp³-hybridized carbons (Fsp3) is 0.908. The SMILES string of the molecule is CCCCCC/C=C\C=C/CCCCCCCC(=O)O[C@H](COC(=O)CCCCCCCCCCCCCCC)COP(=O)(O)OC[C@H](O)COP(=O)(O)OC[C@@H](COC(=O)CCCCCCCCCCCCCCCCCCC)OC(=O)CCCCCCCCCCCCCCCCCCCCC(C)C. The highest BCUT2D eigenvalue weighted by Crippen LogP contribution is 2.45. The molecule has 0 spiro atoms. The molecule has 0 saturated heterocycles. The Labute approximate surface area is 650 Å². The van der Waals surface area contributed by atoms with Crippen LogP contribution in [0.1, 0.15) is 446 Å². The lowest BCUT2D eigenvalue weighted by atomic mass is 10.0. The Morgan fingerprint density at radius 1 is 0.292 bits per heavy atom. The van der Waals surface area contributed by atoms with E-state index in [4.69, 9.17) is 37.0 Å². The highest BCUT2D eigenvalue weighted by Gasteiger charge is 2.30. The van der Waals surface area contributed by atoms with Gasteiger partial charge in [-0.15, -0.1) is 0 Å². The number of aliphatic hydroxyl groups excluding tert-OH is 1. The molecule has 5 atom stereocenters. The Balaban J connectivity index is 5.28. The van der Waals surface area contributed by atoms with Gasteiger partial charge in [0, 0.05) is 25.7 Å². The standard InChI is InChI=1S/C87H166O17P2/c1-6-9-12-15-18-21-24-27-29-32-37-41-46-51-56-61-66-71-85(90)98-77-83(104-87(92)73-68-63-58-53-48-43-38-34-31-30-33-36-40-44-49-54-59-64-69-80(4)5)79-102-106(95,96)100-75-81(88)74-99-105(93,94)101-78-82(76-97-84(89)70-65-60-55-50-45-39-26-23-20-17-14-11-8-3)103-86(91)72-67-62-57-52-47-42-35-28-25-22-19-16-13-10-7-2/h22,25,28,35,80-83,88H,6-21,23-24,26-27,29-34,36-79H2,1-5H3,(H,93,94)(H,95,96)/b25-22-,35-28-/t81-,82+,83+/m0/s1. The zero-order valence-electron chi connectivity index (χ0n) is 69.1. The Morgan fingerprint density at radius 2 is 0.509 bits per heavy atom. The van der Waals surface area contributed by atoms with E-state index in [2.05, 4.69) is 58.9 Å². The fourth-order valence-corrected chi connectivity index (χ4v) is 14.7. The van der Waals surface area contributed by atoms with E-state index in [0.29, 0.717) is 25.7 Å². The zero-order chi connectivity index (χ0) is 77.6. The maximum Gasteiger partial charge on any atom is 0.472 e. The van der Waals surface area contributed by atoms with Gasteiger partial charge in [0.25, 0.3) is 0 Å². The first-order valence-electron chi connectivity index (χ1n) is 44.5. The molecule has 0 heterocycles. The van der Waals surface area contributed by atoms with Crippen molar-refractivity contribution >= 4 is 39.5 Å². The number of esters is 4. The van der Waals surface area contributed by atoms with Gasteiger partial charge < -0.3 is 33.8 Å². The number of rotatable bonds is 85. The van der Waals surface area contributed by atoms with E-state index in [0.717, 1.165) is 109 Å². The summed E-state index contributed by atoms with van der Waals surface area (Å²) in [5.74, 6) is -1.31. The monoisotopic (exact) mass is 1550 g/mol. The molecule has 0 aliphatic rings. The van der Waals surface area contributed by atoms with E-state index in [1.165, 1.54) is 257 Å². The molecule has 0 aromatic carbocycles. The Hall–Kier alpha value is -2.46. The normalized spacial score (nSPS) is 13.9. The molecule has 106 heavy (non-hydrogen) atoms. The number of unbranched alkanes of at least 4 members (excludes halogenated alkanes) is 54. The van der Waals surface area contributed by atoms with Gasteiger partial charge in [0.05, 0.1) is 26.4 Å². The van der Waals surface area contributed by atoms with Crippen LogP contribution < -0.4 is 0 Å². The zero-order valence-corrected chi connectivity index (χ0v) is 70.9. The second-order valence-corrected chi connectivity index (χ2v) is 34.0. The molecular formula is C87H166O17P2. The average molecular weight is 1550 g/mol. The maximum atomic E-state index is 13.2. The van der Waals surface area contributed by atoms with E-state index in [1.54, 1.807) is 0 Å². The summed E-state index contributed by atoms with van der Waals surface area (Å²) in [4.78, 5) is 73.3. The van der Waals surface area contributed by atoms with Crippen LogP contribution in [0.2, 0.25) is 0 Å². The summed E-state index contributed by atoms with van der Waals surface area (Å²) in [6.07, 6.45) is 75.7. The van der Waals surface area contributed by atoms with Crippen LogP contribution in [0.3, 0.4) is 0 Å². The van der Waals surface area contributed by atoms with Crippen molar-refractivity contribution in [2.75, 3.05) is 39.6 Å². The van der Waals surface area contributed by atoms with Gasteiger partial charge in [-0.2, -0.15) is 0 Å². The maximum absolute atomic E-state index is 13.2.